The Bertz CT molecular complexity index is 237. The highest BCUT2D eigenvalue weighted by atomic mass is 127. The Kier molecular flexibility index (Phi) is 5.92. The van der Waals surface area contributed by atoms with E-state index in [9.17, 15) is 9.59 Å². The van der Waals surface area contributed by atoms with Crippen LogP contribution in [0.1, 0.15) is 20.8 Å². The third-order valence-electron chi connectivity index (χ3n) is 1.33. The lowest BCUT2D eigenvalue weighted by atomic mass is 10.2. The molecule has 15 heavy (non-hydrogen) atoms. The summed E-state index contributed by atoms with van der Waals surface area (Å²) < 4.78 is 9.96. The fourth-order valence-electron chi connectivity index (χ4n) is 0.753. The molecule has 1 unspecified atom stereocenters. The van der Waals surface area contributed by atoms with Crippen LogP contribution >= 0.6 is 22.6 Å². The summed E-state index contributed by atoms with van der Waals surface area (Å²) in [5.41, 5.74) is -0.573. The number of methoxy groups -OCH3 is 1. The highest BCUT2D eigenvalue weighted by Gasteiger charge is 2.23. The third-order valence-corrected chi connectivity index (χ3v) is 2.21. The second kappa shape index (κ2) is 6.14. The molecule has 0 saturated carbocycles. The molecule has 0 bridgehead atoms. The molecule has 0 aromatic rings. The highest BCUT2D eigenvalue weighted by Crippen LogP contribution is 2.07. The van der Waals surface area contributed by atoms with E-state index in [4.69, 9.17) is 4.74 Å². The molecule has 1 N–H and O–H groups in total. The number of alkyl carbamates (subject to hydrolysis) is 1. The van der Waals surface area contributed by atoms with Gasteiger partial charge in [-0.25, -0.2) is 9.59 Å². The summed E-state index contributed by atoms with van der Waals surface area (Å²) in [7, 11) is 1.28. The van der Waals surface area contributed by atoms with Crippen molar-refractivity contribution in [2.24, 2.45) is 0 Å². The van der Waals surface area contributed by atoms with Gasteiger partial charge in [0, 0.05) is 4.43 Å². The van der Waals surface area contributed by atoms with Crippen molar-refractivity contribution in [1.82, 2.24) is 5.32 Å². The zero-order valence-electron chi connectivity index (χ0n) is 9.30. The van der Waals surface area contributed by atoms with Gasteiger partial charge in [0.2, 0.25) is 0 Å². The molecule has 0 heterocycles. The topological polar surface area (TPSA) is 64.6 Å². The SMILES string of the molecule is COC(=O)C(CI)NC(=O)OC(C)(C)C. The molecule has 0 aliphatic carbocycles. The van der Waals surface area contributed by atoms with Crippen molar-refractivity contribution >= 4 is 34.7 Å². The molecule has 6 heteroatoms. The molecule has 88 valence electrons. The third kappa shape index (κ3) is 6.53. The van der Waals surface area contributed by atoms with Crippen LogP contribution in [0, 0.1) is 0 Å². The predicted octanol–water partition coefficient (Wildman–Crippen LogP) is 1.49. The van der Waals surface area contributed by atoms with Crippen molar-refractivity contribution in [2.45, 2.75) is 32.4 Å². The molecule has 1 atom stereocenters. The first-order valence-electron chi connectivity index (χ1n) is 4.43. The van der Waals surface area contributed by atoms with E-state index in [0.717, 1.165) is 0 Å². The summed E-state index contributed by atoms with van der Waals surface area (Å²) in [4.78, 5) is 22.5. The fourth-order valence-corrected chi connectivity index (χ4v) is 1.33. The van der Waals surface area contributed by atoms with Crippen molar-refractivity contribution in [3.8, 4) is 0 Å². The number of hydrogen-bond donors (Lipinski definition) is 1. The van der Waals surface area contributed by atoms with Crippen LogP contribution in [0.25, 0.3) is 0 Å². The molecule has 0 spiro atoms. The van der Waals surface area contributed by atoms with Crippen LogP contribution in [0.2, 0.25) is 0 Å². The van der Waals surface area contributed by atoms with Crippen molar-refractivity contribution in [2.75, 3.05) is 11.5 Å². The summed E-state index contributed by atoms with van der Waals surface area (Å²) in [6.07, 6.45) is -0.616. The molecular formula is C9H16INO4. The van der Waals surface area contributed by atoms with Gasteiger partial charge in [-0.05, 0) is 20.8 Å². The van der Waals surface area contributed by atoms with Crippen molar-refractivity contribution in [1.29, 1.82) is 0 Å². The van der Waals surface area contributed by atoms with Gasteiger partial charge in [0.25, 0.3) is 0 Å². The fraction of sp³-hybridized carbons (Fsp3) is 0.778. The van der Waals surface area contributed by atoms with Crippen LogP contribution in [-0.4, -0.2) is 35.2 Å². The van der Waals surface area contributed by atoms with Gasteiger partial charge < -0.3 is 14.8 Å². The van der Waals surface area contributed by atoms with Gasteiger partial charge in [0.15, 0.2) is 0 Å². The Morgan fingerprint density at radius 3 is 2.27 bits per heavy atom. The Hall–Kier alpha value is -0.530. The number of rotatable bonds is 3. The number of carbonyl (C=O) groups excluding carboxylic acids is 2. The van der Waals surface area contributed by atoms with Gasteiger partial charge in [-0.3, -0.25) is 0 Å². The van der Waals surface area contributed by atoms with E-state index in [1.54, 1.807) is 20.8 Å². The van der Waals surface area contributed by atoms with Gasteiger partial charge in [-0.1, -0.05) is 22.6 Å². The number of esters is 1. The molecule has 0 radical (unpaired) electrons. The standard InChI is InChI=1S/C9H16INO4/c1-9(2,3)15-8(13)11-6(5-10)7(12)14-4/h6H,5H2,1-4H3,(H,11,13). The number of halogens is 1. The van der Waals surface area contributed by atoms with Crippen molar-refractivity contribution in [3.05, 3.63) is 0 Å². The average Bonchev–Trinajstić information content (AvgIpc) is 2.10. The number of amides is 1. The molecule has 0 rings (SSSR count). The second-order valence-electron chi connectivity index (χ2n) is 3.88. The molecule has 0 aromatic carbocycles. The van der Waals surface area contributed by atoms with Crippen LogP contribution in [-0.2, 0) is 14.3 Å². The Morgan fingerprint density at radius 1 is 1.40 bits per heavy atom. The van der Waals surface area contributed by atoms with E-state index >= 15 is 0 Å². The zero-order valence-corrected chi connectivity index (χ0v) is 11.5. The lowest BCUT2D eigenvalue weighted by Crippen LogP contribution is -2.44. The molecule has 0 aromatic heterocycles. The maximum absolute atomic E-state index is 11.3. The first-order chi connectivity index (χ1) is 6.80. The average molecular weight is 329 g/mol. The highest BCUT2D eigenvalue weighted by molar-refractivity contribution is 14.1. The van der Waals surface area contributed by atoms with E-state index < -0.39 is 23.7 Å². The van der Waals surface area contributed by atoms with Gasteiger partial charge in [-0.15, -0.1) is 0 Å². The number of ether oxygens (including phenoxy) is 2. The van der Waals surface area contributed by atoms with Crippen LogP contribution in [0.5, 0.6) is 0 Å². The minimum absolute atomic E-state index is 0.434. The minimum atomic E-state index is -0.662. The molecular weight excluding hydrogens is 313 g/mol. The number of alkyl halides is 1. The van der Waals surface area contributed by atoms with E-state index in [1.807, 2.05) is 22.6 Å². The molecule has 0 aliphatic rings. The molecule has 1 amide bonds. The number of nitrogens with one attached hydrogen (secondary N) is 1. The van der Waals surface area contributed by atoms with E-state index in [0.29, 0.717) is 4.43 Å². The monoisotopic (exact) mass is 329 g/mol. The predicted molar refractivity (Wildman–Crippen MR) is 64.1 cm³/mol. The van der Waals surface area contributed by atoms with E-state index in [-0.39, 0.29) is 0 Å². The Morgan fingerprint density at radius 2 is 1.93 bits per heavy atom. The minimum Gasteiger partial charge on any atom is -0.467 e. The number of carbonyl (C=O) groups is 2. The molecule has 0 saturated heterocycles. The Labute approximate surface area is 103 Å². The van der Waals surface area contributed by atoms with Gasteiger partial charge in [0.1, 0.15) is 11.6 Å². The van der Waals surface area contributed by atoms with Gasteiger partial charge in [-0.2, -0.15) is 0 Å². The maximum atomic E-state index is 11.3. The summed E-state index contributed by atoms with van der Waals surface area (Å²) in [5, 5.41) is 2.43. The van der Waals surface area contributed by atoms with E-state index in [2.05, 4.69) is 10.1 Å². The normalized spacial score (nSPS) is 12.9. The Balaban J connectivity index is 4.20. The maximum Gasteiger partial charge on any atom is 0.408 e. The summed E-state index contributed by atoms with van der Waals surface area (Å²) in [6.45, 7) is 5.26. The summed E-state index contributed by atoms with van der Waals surface area (Å²) in [5.74, 6) is -0.477. The van der Waals surface area contributed by atoms with Crippen molar-refractivity contribution in [3.63, 3.8) is 0 Å². The largest absolute Gasteiger partial charge is 0.467 e. The van der Waals surface area contributed by atoms with Crippen LogP contribution in [0.3, 0.4) is 0 Å². The second-order valence-corrected chi connectivity index (χ2v) is 4.76. The van der Waals surface area contributed by atoms with E-state index in [1.165, 1.54) is 7.11 Å². The van der Waals surface area contributed by atoms with Crippen LogP contribution in [0.4, 0.5) is 4.79 Å². The lowest BCUT2D eigenvalue weighted by molar-refractivity contribution is -0.142. The van der Waals surface area contributed by atoms with Crippen LogP contribution in [0.15, 0.2) is 0 Å². The van der Waals surface area contributed by atoms with Crippen molar-refractivity contribution < 1.29 is 19.1 Å². The first kappa shape index (κ1) is 14.5. The summed E-state index contributed by atoms with van der Waals surface area (Å²) >= 11 is 1.99. The summed E-state index contributed by atoms with van der Waals surface area (Å²) in [6, 6.07) is -0.662. The van der Waals surface area contributed by atoms with Gasteiger partial charge in [0.05, 0.1) is 7.11 Å². The number of hydrogen-bond acceptors (Lipinski definition) is 4. The zero-order chi connectivity index (χ0) is 12.1. The van der Waals surface area contributed by atoms with Gasteiger partial charge >= 0.3 is 12.1 Å². The quantitative estimate of drug-likeness (QED) is 0.484. The first-order valence-corrected chi connectivity index (χ1v) is 5.96. The smallest absolute Gasteiger partial charge is 0.408 e. The molecule has 5 nitrogen and oxygen atoms in total. The molecule has 0 fully saturated rings. The molecule has 0 aliphatic heterocycles. The van der Waals surface area contributed by atoms with Crippen LogP contribution < -0.4 is 5.32 Å². The lowest BCUT2D eigenvalue weighted by Gasteiger charge is -2.21.